The molecule has 5 heteroatoms. The third kappa shape index (κ3) is 2.47. The number of aromatic nitrogens is 1. The molecule has 0 aromatic carbocycles. The van der Waals surface area contributed by atoms with Gasteiger partial charge in [0.15, 0.2) is 0 Å². The van der Waals surface area contributed by atoms with E-state index in [4.69, 9.17) is 35.8 Å². The zero-order valence-electron chi connectivity index (χ0n) is 7.11. The van der Waals surface area contributed by atoms with Crippen molar-refractivity contribution in [3.05, 3.63) is 21.4 Å². The molecule has 0 unspecified atom stereocenters. The largest absolute Gasteiger partial charge is 1.00 e. The number of hydrogen-bond acceptors (Lipinski definition) is 2. The minimum absolute atomic E-state index is 0. The van der Waals surface area contributed by atoms with E-state index in [1.807, 2.05) is 13.8 Å². The fourth-order valence-electron chi connectivity index (χ4n) is 0.775. The van der Waals surface area contributed by atoms with Gasteiger partial charge in [0.25, 0.3) is 0 Å². The Balaban J connectivity index is 0.00000121. The normalized spacial score (nSPS) is 9.33. The van der Waals surface area contributed by atoms with Gasteiger partial charge in [-0.1, -0.05) is 23.2 Å². The molecule has 1 nitrogen and oxygen atoms in total. The molecular formula is C7H6Cl2NNaS. The standard InChI is InChI=1S/C7H7Cl2NS.Na/c1-3-5(8)7(11)6(9)4(2)10-3;/h1-2H3,(H,10,11);/q;+1/p-1. The topological polar surface area (TPSA) is 12.9 Å². The van der Waals surface area contributed by atoms with Gasteiger partial charge in [0.1, 0.15) is 0 Å². The Labute approximate surface area is 110 Å². The number of hydrogen-bond donors (Lipinski definition) is 0. The van der Waals surface area contributed by atoms with Crippen LogP contribution in [-0.2, 0) is 12.6 Å². The first kappa shape index (κ1) is 12.9. The van der Waals surface area contributed by atoms with Crippen molar-refractivity contribution in [3.63, 3.8) is 0 Å². The molecule has 12 heavy (non-hydrogen) atoms. The molecule has 0 saturated carbocycles. The predicted octanol–water partition coefficient (Wildman–Crippen LogP) is -0.0850. The van der Waals surface area contributed by atoms with Gasteiger partial charge >= 0.3 is 29.6 Å². The summed E-state index contributed by atoms with van der Waals surface area (Å²) in [6.45, 7) is 3.61. The molecule has 0 saturated heterocycles. The summed E-state index contributed by atoms with van der Waals surface area (Å²) in [6.07, 6.45) is 0. The maximum atomic E-state index is 5.80. The summed E-state index contributed by atoms with van der Waals surface area (Å²) in [6, 6.07) is 0. The summed E-state index contributed by atoms with van der Waals surface area (Å²) in [5.74, 6) is 0. The summed E-state index contributed by atoms with van der Waals surface area (Å²) in [7, 11) is 0. The van der Waals surface area contributed by atoms with E-state index in [0.717, 1.165) is 11.4 Å². The van der Waals surface area contributed by atoms with Crippen LogP contribution in [0.2, 0.25) is 10.0 Å². The maximum absolute atomic E-state index is 5.80. The van der Waals surface area contributed by atoms with E-state index in [9.17, 15) is 0 Å². The molecule has 0 aliphatic rings. The van der Waals surface area contributed by atoms with Crippen molar-refractivity contribution in [1.82, 2.24) is 4.98 Å². The van der Waals surface area contributed by atoms with Crippen molar-refractivity contribution in [2.24, 2.45) is 0 Å². The van der Waals surface area contributed by atoms with E-state index in [1.165, 1.54) is 0 Å². The van der Waals surface area contributed by atoms with Crippen molar-refractivity contribution in [3.8, 4) is 0 Å². The summed E-state index contributed by atoms with van der Waals surface area (Å²) in [5.41, 5.74) is 1.47. The first-order chi connectivity index (χ1) is 5.04. The van der Waals surface area contributed by atoms with Gasteiger partial charge in [0, 0.05) is 10.0 Å². The van der Waals surface area contributed by atoms with Crippen LogP contribution in [-0.4, -0.2) is 4.98 Å². The summed E-state index contributed by atoms with van der Waals surface area (Å²) in [4.78, 5) is 4.60. The molecule has 0 atom stereocenters. The molecule has 0 aliphatic heterocycles. The Hall–Kier alpha value is 0.950. The number of rotatable bonds is 0. The van der Waals surface area contributed by atoms with Crippen LogP contribution in [0.5, 0.6) is 0 Å². The molecular weight excluding hydrogens is 224 g/mol. The van der Waals surface area contributed by atoms with E-state index < -0.39 is 0 Å². The molecule has 0 radical (unpaired) electrons. The predicted molar refractivity (Wildman–Crippen MR) is 49.4 cm³/mol. The number of pyridine rings is 1. The molecule has 1 aromatic rings. The van der Waals surface area contributed by atoms with Crippen LogP contribution < -0.4 is 29.6 Å². The third-order valence-electron chi connectivity index (χ3n) is 1.37. The van der Waals surface area contributed by atoms with Crippen molar-refractivity contribution >= 4 is 35.8 Å². The molecule has 1 aromatic heterocycles. The minimum atomic E-state index is 0. The second-order valence-corrected chi connectivity index (χ2v) is 3.40. The molecule has 1 heterocycles. The minimum Gasteiger partial charge on any atom is -0.777 e. The van der Waals surface area contributed by atoms with Gasteiger partial charge in [-0.3, -0.25) is 4.98 Å². The molecule has 60 valence electrons. The Morgan fingerprint density at radius 2 is 1.42 bits per heavy atom. The first-order valence-corrected chi connectivity index (χ1v) is 4.19. The fourth-order valence-corrected chi connectivity index (χ4v) is 1.39. The number of aryl methyl sites for hydroxylation is 2. The quantitative estimate of drug-likeness (QED) is 0.456. The Bertz CT molecular complexity index is 278. The van der Waals surface area contributed by atoms with Crippen LogP contribution in [0.4, 0.5) is 0 Å². The second kappa shape index (κ2) is 4.99. The zero-order valence-corrected chi connectivity index (χ0v) is 11.4. The molecule has 1 rings (SSSR count). The van der Waals surface area contributed by atoms with Gasteiger partial charge < -0.3 is 12.6 Å². The molecule has 0 aliphatic carbocycles. The van der Waals surface area contributed by atoms with Gasteiger partial charge in [-0.15, -0.1) is 4.90 Å². The molecule has 0 bridgehead atoms. The average Bonchev–Trinajstić information content (AvgIpc) is 1.97. The monoisotopic (exact) mass is 229 g/mol. The summed E-state index contributed by atoms with van der Waals surface area (Å²) < 4.78 is 0. The van der Waals surface area contributed by atoms with Gasteiger partial charge in [0.2, 0.25) is 0 Å². The van der Waals surface area contributed by atoms with Crippen molar-refractivity contribution in [2.75, 3.05) is 0 Å². The average molecular weight is 230 g/mol. The van der Waals surface area contributed by atoms with Crippen LogP contribution in [0.3, 0.4) is 0 Å². The van der Waals surface area contributed by atoms with Crippen molar-refractivity contribution in [1.29, 1.82) is 0 Å². The molecule has 0 amide bonds. The zero-order chi connectivity index (χ0) is 8.59. The second-order valence-electron chi connectivity index (χ2n) is 2.24. The van der Waals surface area contributed by atoms with E-state index in [2.05, 4.69) is 4.98 Å². The van der Waals surface area contributed by atoms with Gasteiger partial charge in [0.05, 0.1) is 11.4 Å². The van der Waals surface area contributed by atoms with Crippen LogP contribution in [0, 0.1) is 13.8 Å². The van der Waals surface area contributed by atoms with Gasteiger partial charge in [-0.2, -0.15) is 0 Å². The van der Waals surface area contributed by atoms with Crippen LogP contribution in [0.15, 0.2) is 4.90 Å². The summed E-state index contributed by atoms with van der Waals surface area (Å²) in [5, 5.41) is 0.964. The van der Waals surface area contributed by atoms with E-state index in [0.29, 0.717) is 14.9 Å². The third-order valence-corrected chi connectivity index (χ3v) is 2.93. The fraction of sp³-hybridized carbons (Fsp3) is 0.286. The van der Waals surface area contributed by atoms with E-state index in [-0.39, 0.29) is 29.6 Å². The Kier molecular flexibility index (Phi) is 5.38. The Morgan fingerprint density at radius 3 is 1.75 bits per heavy atom. The van der Waals surface area contributed by atoms with E-state index in [1.54, 1.807) is 0 Å². The summed E-state index contributed by atoms with van der Waals surface area (Å²) >= 11 is 16.6. The number of nitrogens with zero attached hydrogens (tertiary/aromatic N) is 1. The maximum Gasteiger partial charge on any atom is 1.00 e. The van der Waals surface area contributed by atoms with Crippen LogP contribution in [0.25, 0.3) is 0 Å². The van der Waals surface area contributed by atoms with Crippen LogP contribution >= 0.6 is 23.2 Å². The van der Waals surface area contributed by atoms with Crippen LogP contribution in [0.1, 0.15) is 11.4 Å². The smallest absolute Gasteiger partial charge is 0.777 e. The molecule has 0 spiro atoms. The molecule has 0 N–H and O–H groups in total. The Morgan fingerprint density at radius 1 is 1.08 bits per heavy atom. The van der Waals surface area contributed by atoms with Crippen molar-refractivity contribution in [2.45, 2.75) is 18.7 Å². The first-order valence-electron chi connectivity index (χ1n) is 3.03. The SMILES string of the molecule is Cc1nc(C)c(Cl)c([S-])c1Cl.[Na+]. The van der Waals surface area contributed by atoms with Gasteiger partial charge in [-0.05, 0) is 13.8 Å². The van der Waals surface area contributed by atoms with Gasteiger partial charge in [-0.25, -0.2) is 0 Å². The molecule has 0 fully saturated rings. The van der Waals surface area contributed by atoms with E-state index >= 15 is 0 Å². The van der Waals surface area contributed by atoms with Crippen molar-refractivity contribution < 1.29 is 29.6 Å². The number of halogens is 2.